The van der Waals surface area contributed by atoms with Crippen molar-refractivity contribution in [2.75, 3.05) is 13.1 Å². The SMILES string of the molecule is C[C@@H]1CN(C2=NC(=O)/C(=C/c3ccc(Br)cc3)S2)C[C@@H](C)O1. The van der Waals surface area contributed by atoms with E-state index in [1.807, 2.05) is 44.2 Å². The second-order valence-electron chi connectivity index (χ2n) is 5.52. The Morgan fingerprint density at radius 3 is 2.55 bits per heavy atom. The molecule has 0 N–H and O–H groups in total. The van der Waals surface area contributed by atoms with E-state index in [4.69, 9.17) is 4.74 Å². The first-order valence-corrected chi connectivity index (χ1v) is 8.81. The van der Waals surface area contributed by atoms with Crippen LogP contribution in [0.5, 0.6) is 0 Å². The molecule has 2 aliphatic rings. The van der Waals surface area contributed by atoms with Crippen molar-refractivity contribution in [3.8, 4) is 0 Å². The lowest BCUT2D eigenvalue weighted by Crippen LogP contribution is -2.47. The number of thioether (sulfide) groups is 1. The van der Waals surface area contributed by atoms with Crippen LogP contribution in [-0.2, 0) is 9.53 Å². The first kappa shape index (κ1) is 15.8. The van der Waals surface area contributed by atoms with E-state index in [2.05, 4.69) is 25.8 Å². The van der Waals surface area contributed by atoms with Crippen molar-refractivity contribution in [3.63, 3.8) is 0 Å². The first-order chi connectivity index (χ1) is 10.5. The molecule has 1 aromatic rings. The van der Waals surface area contributed by atoms with Crippen molar-refractivity contribution < 1.29 is 9.53 Å². The second-order valence-corrected chi connectivity index (χ2v) is 7.45. The summed E-state index contributed by atoms with van der Waals surface area (Å²) in [6.07, 6.45) is 2.20. The van der Waals surface area contributed by atoms with Gasteiger partial charge in [-0.05, 0) is 49.4 Å². The molecule has 1 fully saturated rings. The van der Waals surface area contributed by atoms with Crippen molar-refractivity contribution in [1.82, 2.24) is 4.90 Å². The number of carbonyl (C=O) groups is 1. The van der Waals surface area contributed by atoms with Crippen molar-refractivity contribution in [2.24, 2.45) is 4.99 Å². The third-order valence-corrected chi connectivity index (χ3v) is 5.04. The standard InChI is InChI=1S/C16H17BrN2O2S/c1-10-8-19(9-11(2)21-10)16-18-15(20)14(22-16)7-12-3-5-13(17)6-4-12/h3-7,10-11H,8-9H2,1-2H3/b14-7-/t10-,11-/m1/s1. The zero-order valence-electron chi connectivity index (χ0n) is 12.5. The van der Waals surface area contributed by atoms with Crippen LogP contribution in [0.1, 0.15) is 19.4 Å². The van der Waals surface area contributed by atoms with E-state index in [0.717, 1.165) is 28.3 Å². The molecule has 2 aliphatic heterocycles. The number of carbonyl (C=O) groups excluding carboxylic acids is 1. The topological polar surface area (TPSA) is 41.9 Å². The molecule has 1 amide bonds. The monoisotopic (exact) mass is 380 g/mol. The fraction of sp³-hybridized carbons (Fsp3) is 0.375. The molecular formula is C16H17BrN2O2S. The quantitative estimate of drug-likeness (QED) is 0.698. The van der Waals surface area contributed by atoms with E-state index >= 15 is 0 Å². The molecule has 3 rings (SSSR count). The number of halogens is 1. The summed E-state index contributed by atoms with van der Waals surface area (Å²) in [4.78, 5) is 19.1. The molecular weight excluding hydrogens is 364 g/mol. The number of rotatable bonds is 1. The molecule has 4 nitrogen and oxygen atoms in total. The number of benzene rings is 1. The van der Waals surface area contributed by atoms with E-state index in [1.54, 1.807) is 0 Å². The van der Waals surface area contributed by atoms with Gasteiger partial charge in [-0.25, -0.2) is 0 Å². The summed E-state index contributed by atoms with van der Waals surface area (Å²) >= 11 is 4.86. The molecule has 2 atom stereocenters. The fourth-order valence-corrected chi connectivity index (χ4v) is 3.77. The zero-order valence-corrected chi connectivity index (χ0v) is 14.9. The molecule has 0 saturated carbocycles. The second kappa shape index (κ2) is 6.56. The number of ether oxygens (including phenoxy) is 1. The van der Waals surface area contributed by atoms with E-state index in [-0.39, 0.29) is 18.1 Å². The van der Waals surface area contributed by atoms with Crippen molar-refractivity contribution >= 4 is 44.8 Å². The van der Waals surface area contributed by atoms with Crippen LogP contribution >= 0.6 is 27.7 Å². The van der Waals surface area contributed by atoms with Gasteiger partial charge in [0.2, 0.25) is 0 Å². The number of amides is 1. The summed E-state index contributed by atoms with van der Waals surface area (Å²) in [7, 11) is 0. The Labute approximate surface area is 142 Å². The predicted octanol–water partition coefficient (Wildman–Crippen LogP) is 3.53. The van der Waals surface area contributed by atoms with Crippen LogP contribution in [0, 0.1) is 0 Å². The minimum absolute atomic E-state index is 0.154. The van der Waals surface area contributed by atoms with E-state index in [0.29, 0.717) is 4.91 Å². The lowest BCUT2D eigenvalue weighted by Gasteiger charge is -2.35. The molecule has 1 saturated heterocycles. The highest BCUT2D eigenvalue weighted by Gasteiger charge is 2.30. The Balaban J connectivity index is 1.74. The van der Waals surface area contributed by atoms with Gasteiger partial charge in [-0.1, -0.05) is 28.1 Å². The van der Waals surface area contributed by atoms with Gasteiger partial charge in [-0.2, -0.15) is 4.99 Å². The minimum atomic E-state index is -0.158. The molecule has 0 aliphatic carbocycles. The van der Waals surface area contributed by atoms with Crippen LogP contribution in [0.4, 0.5) is 0 Å². The maximum atomic E-state index is 12.1. The van der Waals surface area contributed by atoms with Gasteiger partial charge in [0.05, 0.1) is 17.1 Å². The number of hydrogen-bond acceptors (Lipinski definition) is 4. The van der Waals surface area contributed by atoms with Crippen LogP contribution in [0.3, 0.4) is 0 Å². The van der Waals surface area contributed by atoms with E-state index < -0.39 is 0 Å². The summed E-state index contributed by atoms with van der Waals surface area (Å²) in [5.41, 5.74) is 0.999. The third-order valence-electron chi connectivity index (χ3n) is 3.47. The van der Waals surface area contributed by atoms with Gasteiger partial charge < -0.3 is 9.64 Å². The molecule has 6 heteroatoms. The number of nitrogens with zero attached hydrogens (tertiary/aromatic N) is 2. The highest BCUT2D eigenvalue weighted by molar-refractivity contribution is 9.10. The van der Waals surface area contributed by atoms with Gasteiger partial charge >= 0.3 is 0 Å². The molecule has 0 aromatic heterocycles. The van der Waals surface area contributed by atoms with Crippen molar-refractivity contribution in [3.05, 3.63) is 39.2 Å². The Kier molecular flexibility index (Phi) is 4.70. The number of aliphatic imine (C=N–C) groups is 1. The molecule has 22 heavy (non-hydrogen) atoms. The Hall–Kier alpha value is -1.11. The minimum Gasteiger partial charge on any atom is -0.372 e. The van der Waals surface area contributed by atoms with Crippen molar-refractivity contribution in [1.29, 1.82) is 0 Å². The molecule has 0 unspecified atom stereocenters. The summed E-state index contributed by atoms with van der Waals surface area (Å²) in [6.45, 7) is 5.64. The normalized spacial score (nSPS) is 27.4. The first-order valence-electron chi connectivity index (χ1n) is 7.20. The number of amidine groups is 1. The van der Waals surface area contributed by atoms with Crippen LogP contribution in [0.25, 0.3) is 6.08 Å². The summed E-state index contributed by atoms with van der Waals surface area (Å²) in [6, 6.07) is 7.87. The third kappa shape index (κ3) is 3.62. The largest absolute Gasteiger partial charge is 0.372 e. The van der Waals surface area contributed by atoms with Crippen LogP contribution < -0.4 is 0 Å². The molecule has 0 radical (unpaired) electrons. The van der Waals surface area contributed by atoms with Crippen molar-refractivity contribution in [2.45, 2.75) is 26.1 Å². The molecule has 0 bridgehead atoms. The maximum absolute atomic E-state index is 12.1. The Morgan fingerprint density at radius 1 is 1.27 bits per heavy atom. The van der Waals surface area contributed by atoms with Gasteiger partial charge in [0.15, 0.2) is 5.17 Å². The van der Waals surface area contributed by atoms with Gasteiger partial charge in [0, 0.05) is 17.6 Å². The number of morpholine rings is 1. The average molecular weight is 381 g/mol. The summed E-state index contributed by atoms with van der Waals surface area (Å²) in [5, 5.41) is 0.787. The highest BCUT2D eigenvalue weighted by atomic mass is 79.9. The molecule has 1 aromatic carbocycles. The maximum Gasteiger partial charge on any atom is 0.286 e. The van der Waals surface area contributed by atoms with Gasteiger partial charge in [0.1, 0.15) is 0 Å². The highest BCUT2D eigenvalue weighted by Crippen LogP contribution is 2.31. The zero-order chi connectivity index (χ0) is 15.7. The molecule has 0 spiro atoms. The van der Waals surface area contributed by atoms with Crippen LogP contribution in [0.2, 0.25) is 0 Å². The van der Waals surface area contributed by atoms with Gasteiger partial charge in [-0.3, -0.25) is 4.79 Å². The summed E-state index contributed by atoms with van der Waals surface area (Å²) in [5.74, 6) is -0.158. The lowest BCUT2D eigenvalue weighted by molar-refractivity contribution is -0.113. The number of hydrogen-bond donors (Lipinski definition) is 0. The van der Waals surface area contributed by atoms with Crippen LogP contribution in [-0.4, -0.2) is 41.3 Å². The van der Waals surface area contributed by atoms with Crippen LogP contribution in [0.15, 0.2) is 38.6 Å². The lowest BCUT2D eigenvalue weighted by atomic mass is 10.2. The Morgan fingerprint density at radius 2 is 1.91 bits per heavy atom. The Bertz CT molecular complexity index is 632. The average Bonchev–Trinajstić information content (AvgIpc) is 2.82. The molecule has 116 valence electrons. The summed E-state index contributed by atoms with van der Waals surface area (Å²) < 4.78 is 6.75. The fourth-order valence-electron chi connectivity index (χ4n) is 2.58. The smallest absolute Gasteiger partial charge is 0.286 e. The molecule has 2 heterocycles. The van der Waals surface area contributed by atoms with E-state index in [9.17, 15) is 4.79 Å². The van der Waals surface area contributed by atoms with Gasteiger partial charge in [0.25, 0.3) is 5.91 Å². The van der Waals surface area contributed by atoms with Gasteiger partial charge in [-0.15, -0.1) is 0 Å². The predicted molar refractivity (Wildman–Crippen MR) is 93.7 cm³/mol. The van der Waals surface area contributed by atoms with E-state index in [1.165, 1.54) is 11.8 Å².